The lowest BCUT2D eigenvalue weighted by atomic mass is 9.93. The van der Waals surface area contributed by atoms with Crippen LogP contribution < -0.4 is 24.6 Å². The van der Waals surface area contributed by atoms with Gasteiger partial charge in [0, 0.05) is 51.4 Å². The molecule has 1 atom stereocenters. The van der Waals surface area contributed by atoms with E-state index < -0.39 is 11.0 Å². The zero-order valence-electron chi connectivity index (χ0n) is 28.2. The van der Waals surface area contributed by atoms with Crippen molar-refractivity contribution in [3.63, 3.8) is 0 Å². The number of aromatic nitrogens is 6. The average Bonchev–Trinajstić information content (AvgIpc) is 3.52. The Morgan fingerprint density at radius 2 is 1.65 bits per heavy atom. The smallest absolute Gasteiger partial charge is 0.434 e. The lowest BCUT2D eigenvalue weighted by Crippen LogP contribution is -2.44. The first kappa shape index (κ1) is 32.7. The highest BCUT2D eigenvalue weighted by Crippen LogP contribution is 2.34. The van der Waals surface area contributed by atoms with Crippen molar-refractivity contribution in [3.05, 3.63) is 52.7 Å². The first-order chi connectivity index (χ1) is 23.8. The predicted octanol–water partition coefficient (Wildman–Crippen LogP) is 3.59. The van der Waals surface area contributed by atoms with Crippen molar-refractivity contribution in [3.8, 4) is 11.6 Å². The van der Waals surface area contributed by atoms with Crippen molar-refractivity contribution in [1.29, 1.82) is 0 Å². The minimum atomic E-state index is -0.515. The topological polar surface area (TPSA) is 162 Å². The second-order valence-electron chi connectivity index (χ2n) is 13.0. The summed E-state index contributed by atoms with van der Waals surface area (Å²) in [7, 11) is 3.75. The van der Waals surface area contributed by atoms with E-state index in [0.29, 0.717) is 36.5 Å². The molecule has 49 heavy (non-hydrogen) atoms. The molecule has 16 nitrogen and oxygen atoms in total. The third-order valence-electron chi connectivity index (χ3n) is 9.63. The predicted molar refractivity (Wildman–Crippen MR) is 184 cm³/mol. The number of ether oxygens (including phenoxy) is 3. The minimum absolute atomic E-state index is 0.0206. The number of anilines is 3. The van der Waals surface area contributed by atoms with E-state index in [4.69, 9.17) is 24.2 Å². The molecule has 4 aromatic rings. The number of fused-ring (bicyclic) bond motifs is 1. The highest BCUT2D eigenvalue weighted by molar-refractivity contribution is 5.87. The number of morpholine rings is 1. The summed E-state index contributed by atoms with van der Waals surface area (Å²) >= 11 is 0. The van der Waals surface area contributed by atoms with Crippen LogP contribution in [0.25, 0.3) is 10.9 Å². The van der Waals surface area contributed by atoms with Crippen molar-refractivity contribution in [2.24, 2.45) is 7.05 Å². The maximum atomic E-state index is 11.3. The molecule has 0 amide bonds. The molecule has 1 saturated carbocycles. The Kier molecular flexibility index (Phi) is 9.57. The Labute approximate surface area is 284 Å². The fourth-order valence-electron chi connectivity index (χ4n) is 6.68. The molecule has 0 radical (unpaired) electrons. The average molecular weight is 674 g/mol. The van der Waals surface area contributed by atoms with Crippen molar-refractivity contribution in [1.82, 2.24) is 34.4 Å². The van der Waals surface area contributed by atoms with Gasteiger partial charge < -0.3 is 44.3 Å². The molecule has 1 unspecified atom stereocenters. The van der Waals surface area contributed by atoms with E-state index in [1.54, 1.807) is 13.2 Å². The third-order valence-corrected chi connectivity index (χ3v) is 9.63. The molecule has 3 aliphatic rings. The van der Waals surface area contributed by atoms with Gasteiger partial charge in [-0.3, -0.25) is 4.98 Å². The number of hydrogen-bond donors (Lipinski definition) is 1. The minimum Gasteiger partial charge on any atom is -0.481 e. The highest BCUT2D eigenvalue weighted by atomic mass is 16.6. The molecule has 1 aliphatic carbocycles. The van der Waals surface area contributed by atoms with Crippen molar-refractivity contribution < 1.29 is 19.1 Å². The molecular formula is C33H43N11O5. The number of pyridine rings is 2. The molecular weight excluding hydrogens is 630 g/mol. The Hall–Kier alpha value is -4.83. The second-order valence-corrected chi connectivity index (χ2v) is 13.0. The van der Waals surface area contributed by atoms with Gasteiger partial charge in [0.2, 0.25) is 11.8 Å². The Morgan fingerprint density at radius 3 is 2.35 bits per heavy atom. The van der Waals surface area contributed by atoms with Gasteiger partial charge in [0.05, 0.1) is 55.4 Å². The van der Waals surface area contributed by atoms with Gasteiger partial charge in [0.15, 0.2) is 11.8 Å². The quantitative estimate of drug-likeness (QED) is 0.192. The number of rotatable bonds is 10. The van der Waals surface area contributed by atoms with E-state index in [9.17, 15) is 10.1 Å². The van der Waals surface area contributed by atoms with Crippen LogP contribution in [0.5, 0.6) is 11.6 Å². The third kappa shape index (κ3) is 7.44. The molecule has 2 saturated heterocycles. The number of imidazole rings is 1. The summed E-state index contributed by atoms with van der Waals surface area (Å²) in [6, 6.07) is 4.11. The summed E-state index contributed by atoms with van der Waals surface area (Å²) in [5.41, 5.74) is 2.38. The van der Waals surface area contributed by atoms with Gasteiger partial charge in [-0.25, -0.2) is 14.5 Å². The first-order valence-corrected chi connectivity index (χ1v) is 17.0. The molecule has 2 aliphatic heterocycles. The van der Waals surface area contributed by atoms with E-state index in [1.807, 2.05) is 31.5 Å². The van der Waals surface area contributed by atoms with Crippen LogP contribution in [0, 0.1) is 10.1 Å². The normalized spacial score (nSPS) is 21.0. The van der Waals surface area contributed by atoms with Crippen LogP contribution in [0.1, 0.15) is 44.4 Å². The van der Waals surface area contributed by atoms with Crippen LogP contribution in [-0.2, 0) is 11.8 Å². The van der Waals surface area contributed by atoms with Crippen molar-refractivity contribution >= 4 is 34.3 Å². The summed E-state index contributed by atoms with van der Waals surface area (Å²) in [4.78, 5) is 40.5. The van der Waals surface area contributed by atoms with Crippen LogP contribution in [0.3, 0.4) is 0 Å². The fourth-order valence-corrected chi connectivity index (χ4v) is 6.68. The van der Waals surface area contributed by atoms with Gasteiger partial charge in [0.1, 0.15) is 23.9 Å². The van der Waals surface area contributed by atoms with Crippen LogP contribution in [-0.4, -0.2) is 111 Å². The molecule has 0 aromatic carbocycles. The molecule has 260 valence electrons. The van der Waals surface area contributed by atoms with Gasteiger partial charge in [0.25, 0.3) is 0 Å². The van der Waals surface area contributed by atoms with E-state index >= 15 is 0 Å². The maximum absolute atomic E-state index is 11.3. The molecule has 1 N–H and O–H groups in total. The van der Waals surface area contributed by atoms with Crippen LogP contribution >= 0.6 is 0 Å². The van der Waals surface area contributed by atoms with E-state index in [0.717, 1.165) is 87.4 Å². The summed E-state index contributed by atoms with van der Waals surface area (Å²) in [5, 5.41) is 15.6. The number of likely N-dealkylation sites (N-methyl/N-ethyl adjacent to an activating group) is 1. The zero-order valence-corrected chi connectivity index (χ0v) is 28.2. The van der Waals surface area contributed by atoms with Gasteiger partial charge >= 0.3 is 5.95 Å². The van der Waals surface area contributed by atoms with Crippen molar-refractivity contribution in [2.45, 2.75) is 50.9 Å². The van der Waals surface area contributed by atoms with Crippen LogP contribution in [0.2, 0.25) is 0 Å². The summed E-state index contributed by atoms with van der Waals surface area (Å²) in [6.45, 7) is 8.63. The Morgan fingerprint density at radius 1 is 0.918 bits per heavy atom. The maximum Gasteiger partial charge on any atom is 0.434 e. The lowest BCUT2D eigenvalue weighted by molar-refractivity contribution is -0.396. The zero-order chi connectivity index (χ0) is 33.9. The van der Waals surface area contributed by atoms with Gasteiger partial charge in [-0.05, 0) is 50.6 Å². The number of piperazine rings is 1. The van der Waals surface area contributed by atoms with E-state index in [1.165, 1.54) is 10.8 Å². The second kappa shape index (κ2) is 14.3. The summed E-state index contributed by atoms with van der Waals surface area (Å²) in [5.74, 6) is 2.23. The highest BCUT2D eigenvalue weighted by Gasteiger charge is 2.27. The molecule has 16 heteroatoms. The summed E-state index contributed by atoms with van der Waals surface area (Å²) in [6.07, 6.45) is 9.95. The Balaban J connectivity index is 1.04. The fraction of sp³-hybridized carbons (Fsp3) is 0.545. The van der Waals surface area contributed by atoms with Gasteiger partial charge in [-0.2, -0.15) is 4.98 Å². The Bertz CT molecular complexity index is 1750. The molecule has 0 bridgehead atoms. The largest absolute Gasteiger partial charge is 0.481 e. The van der Waals surface area contributed by atoms with Crippen molar-refractivity contribution in [2.75, 3.05) is 74.6 Å². The number of nitrogens with one attached hydrogen (secondary N) is 1. The number of nitro groups is 1. The van der Waals surface area contributed by atoms with Crippen LogP contribution in [0.4, 0.5) is 23.4 Å². The molecule has 6 heterocycles. The van der Waals surface area contributed by atoms with Gasteiger partial charge in [-0.1, -0.05) is 4.98 Å². The monoisotopic (exact) mass is 673 g/mol. The standard InChI is InChI=1S/C33H43N11O5/c1-22(29-21-37-33(41(29)3)44(45)46)48-26-16-27-28(34-20-26)17-30(43-12-14-47-15-13-43)39-31(27)49-25-6-4-23(5-7-25)38-32-35-18-24(19-36-32)42-10-8-40(2)9-11-42/h16-23,25H,4-15H2,1-3H3,(H,35,36,38). The summed E-state index contributed by atoms with van der Waals surface area (Å²) < 4.78 is 19.9. The molecule has 3 fully saturated rings. The molecule has 7 rings (SSSR count). The number of nitrogens with zero attached hydrogens (tertiary/aromatic N) is 10. The van der Waals surface area contributed by atoms with Crippen LogP contribution in [0.15, 0.2) is 36.9 Å². The van der Waals surface area contributed by atoms with E-state index in [2.05, 4.69) is 42.0 Å². The van der Waals surface area contributed by atoms with Gasteiger partial charge in [-0.15, -0.1) is 0 Å². The SMILES string of the molecule is CC(Oc1cnc2cc(N3CCOCC3)nc(OC3CCC(Nc4ncc(N5CCN(C)CC5)cn4)CC3)c2c1)c1cnc([N+](=O)[O-])n1C. The van der Waals surface area contributed by atoms with E-state index in [-0.39, 0.29) is 18.1 Å². The number of hydrogen-bond acceptors (Lipinski definition) is 14. The lowest BCUT2D eigenvalue weighted by Gasteiger charge is -2.33. The molecule has 4 aromatic heterocycles. The first-order valence-electron chi connectivity index (χ1n) is 17.0. The molecule has 0 spiro atoms.